The number of carboxylic acids is 1. The zero-order valence-corrected chi connectivity index (χ0v) is 7.05. The highest BCUT2D eigenvalue weighted by molar-refractivity contribution is 7.80. The quantitative estimate of drug-likeness (QED) is 0.429. The number of ether oxygens (including phenoxy) is 2. The van der Waals surface area contributed by atoms with Crippen molar-refractivity contribution in [1.82, 2.24) is 0 Å². The molecule has 0 unspecified atom stereocenters. The lowest BCUT2D eigenvalue weighted by Gasteiger charge is -2.01. The van der Waals surface area contributed by atoms with Crippen LogP contribution < -0.4 is 0 Å². The number of carbonyl (C=O) groups is 1. The van der Waals surface area contributed by atoms with Gasteiger partial charge < -0.3 is 14.6 Å². The molecule has 0 radical (unpaired) electrons. The van der Waals surface area contributed by atoms with Crippen LogP contribution in [0.1, 0.15) is 0 Å². The van der Waals surface area contributed by atoms with Gasteiger partial charge in [-0.3, -0.25) is 0 Å². The first-order valence-electron chi connectivity index (χ1n) is 3.25. The summed E-state index contributed by atoms with van der Waals surface area (Å²) in [7, 11) is 0. The number of hydrogen-bond donors (Lipinski definition) is 2. The summed E-state index contributed by atoms with van der Waals surface area (Å²) in [4.78, 5) is 9.91. The smallest absolute Gasteiger partial charge is 0.329 e. The van der Waals surface area contributed by atoms with Crippen molar-refractivity contribution in [2.24, 2.45) is 0 Å². The van der Waals surface area contributed by atoms with Crippen LogP contribution in [0.25, 0.3) is 0 Å². The van der Waals surface area contributed by atoms with Crippen LogP contribution in [-0.4, -0.2) is 43.3 Å². The minimum atomic E-state index is -0.959. The third kappa shape index (κ3) is 9.74. The van der Waals surface area contributed by atoms with Crippen molar-refractivity contribution in [2.45, 2.75) is 0 Å². The molecule has 0 saturated heterocycles. The van der Waals surface area contributed by atoms with Gasteiger partial charge in [-0.2, -0.15) is 12.6 Å². The molecule has 1 N–H and O–H groups in total. The summed E-state index contributed by atoms with van der Waals surface area (Å²) in [6.07, 6.45) is 0. The number of hydrogen-bond acceptors (Lipinski definition) is 4. The topological polar surface area (TPSA) is 55.8 Å². The normalized spacial score (nSPS) is 9.91. The summed E-state index contributed by atoms with van der Waals surface area (Å²) in [5.74, 6) is -0.293. The van der Waals surface area contributed by atoms with Gasteiger partial charge in [0, 0.05) is 5.75 Å². The van der Waals surface area contributed by atoms with Gasteiger partial charge in [0.05, 0.1) is 19.8 Å². The lowest BCUT2D eigenvalue weighted by molar-refractivity contribution is -0.142. The van der Waals surface area contributed by atoms with E-state index in [9.17, 15) is 4.79 Å². The van der Waals surface area contributed by atoms with Crippen molar-refractivity contribution in [3.8, 4) is 0 Å². The summed E-state index contributed by atoms with van der Waals surface area (Å²) in [6.45, 7) is 1.05. The molecule has 66 valence electrons. The lowest BCUT2D eigenvalue weighted by Crippen LogP contribution is -2.11. The van der Waals surface area contributed by atoms with E-state index >= 15 is 0 Å². The summed E-state index contributed by atoms with van der Waals surface area (Å²) < 4.78 is 9.66. The van der Waals surface area contributed by atoms with Crippen LogP contribution in [0, 0.1) is 0 Å². The minimum Gasteiger partial charge on any atom is -0.480 e. The Balaban J connectivity index is 2.85. The number of thiol groups is 1. The maximum atomic E-state index is 9.91. The molecule has 0 spiro atoms. The van der Waals surface area contributed by atoms with Crippen LogP contribution in [-0.2, 0) is 14.3 Å². The van der Waals surface area contributed by atoms with E-state index in [0.29, 0.717) is 25.6 Å². The van der Waals surface area contributed by atoms with Crippen molar-refractivity contribution in [2.75, 3.05) is 32.2 Å². The Labute approximate surface area is 70.9 Å². The Morgan fingerprint density at radius 1 is 1.27 bits per heavy atom. The average molecular weight is 180 g/mol. The molecule has 0 rings (SSSR count). The molecule has 0 aromatic rings. The van der Waals surface area contributed by atoms with Gasteiger partial charge in [0.25, 0.3) is 0 Å². The molecule has 0 amide bonds. The van der Waals surface area contributed by atoms with E-state index in [0.717, 1.165) is 0 Å². The van der Waals surface area contributed by atoms with E-state index in [1.165, 1.54) is 0 Å². The van der Waals surface area contributed by atoms with Crippen molar-refractivity contribution >= 4 is 18.6 Å². The predicted molar refractivity (Wildman–Crippen MR) is 43.1 cm³/mol. The van der Waals surface area contributed by atoms with Gasteiger partial charge in [0.15, 0.2) is 0 Å². The fraction of sp³-hybridized carbons (Fsp3) is 0.833. The van der Waals surface area contributed by atoms with E-state index in [2.05, 4.69) is 12.6 Å². The third-order valence-corrected chi connectivity index (χ3v) is 1.02. The first-order chi connectivity index (χ1) is 5.27. The maximum absolute atomic E-state index is 9.91. The van der Waals surface area contributed by atoms with Crippen LogP contribution in [0.4, 0.5) is 0 Å². The zero-order valence-electron chi connectivity index (χ0n) is 6.15. The summed E-state index contributed by atoms with van der Waals surface area (Å²) in [5, 5.41) is 8.14. The molecule has 11 heavy (non-hydrogen) atoms. The van der Waals surface area contributed by atoms with Gasteiger partial charge in [0.2, 0.25) is 0 Å². The minimum absolute atomic E-state index is 0.260. The van der Waals surface area contributed by atoms with Crippen LogP contribution in [0.15, 0.2) is 0 Å². The predicted octanol–water partition coefficient (Wildman–Crippen LogP) is 0.0340. The molecule has 0 saturated carbocycles. The van der Waals surface area contributed by atoms with Gasteiger partial charge in [0.1, 0.15) is 6.61 Å². The molecule has 4 nitrogen and oxygen atoms in total. The first-order valence-corrected chi connectivity index (χ1v) is 3.88. The molecule has 0 aromatic carbocycles. The Morgan fingerprint density at radius 3 is 2.45 bits per heavy atom. The lowest BCUT2D eigenvalue weighted by atomic mass is 10.7. The van der Waals surface area contributed by atoms with E-state index in [4.69, 9.17) is 14.6 Å². The largest absolute Gasteiger partial charge is 0.480 e. The molecular weight excluding hydrogens is 168 g/mol. The van der Waals surface area contributed by atoms with Crippen molar-refractivity contribution in [1.29, 1.82) is 0 Å². The van der Waals surface area contributed by atoms with Gasteiger partial charge in [-0.05, 0) is 0 Å². The van der Waals surface area contributed by atoms with Crippen molar-refractivity contribution in [3.63, 3.8) is 0 Å². The zero-order chi connectivity index (χ0) is 8.53. The van der Waals surface area contributed by atoms with Crippen LogP contribution in [0.3, 0.4) is 0 Å². The third-order valence-electron chi connectivity index (χ3n) is 0.833. The highest BCUT2D eigenvalue weighted by atomic mass is 32.1. The van der Waals surface area contributed by atoms with Gasteiger partial charge >= 0.3 is 5.97 Å². The standard InChI is InChI=1S/C6H12O4S/c7-6(8)5-10-2-1-9-3-4-11/h11H,1-5H2,(H,7,8). The number of rotatable bonds is 7. The van der Waals surface area contributed by atoms with Crippen LogP contribution in [0.2, 0.25) is 0 Å². The van der Waals surface area contributed by atoms with E-state index in [1.807, 2.05) is 0 Å². The SMILES string of the molecule is O=C(O)COCCOCCS. The Hall–Kier alpha value is -0.260. The highest BCUT2D eigenvalue weighted by Gasteiger charge is 1.94. The Bertz CT molecular complexity index is 107. The number of carboxylic acid groups (broad SMARTS) is 1. The monoisotopic (exact) mass is 180 g/mol. The summed E-state index contributed by atoms with van der Waals surface area (Å²) in [6, 6.07) is 0. The second-order valence-corrected chi connectivity index (χ2v) is 2.23. The number of aliphatic carboxylic acids is 1. The molecule has 0 aliphatic rings. The Morgan fingerprint density at radius 2 is 1.91 bits per heavy atom. The van der Waals surface area contributed by atoms with Crippen molar-refractivity contribution < 1.29 is 19.4 Å². The second-order valence-electron chi connectivity index (χ2n) is 1.78. The van der Waals surface area contributed by atoms with E-state index in [-0.39, 0.29) is 6.61 Å². The van der Waals surface area contributed by atoms with Gasteiger partial charge in [-0.15, -0.1) is 0 Å². The maximum Gasteiger partial charge on any atom is 0.329 e. The van der Waals surface area contributed by atoms with E-state index in [1.54, 1.807) is 0 Å². The second kappa shape index (κ2) is 7.84. The molecule has 0 fully saturated rings. The highest BCUT2D eigenvalue weighted by Crippen LogP contribution is 1.80. The molecule has 0 aliphatic heterocycles. The molecule has 0 aromatic heterocycles. The fourth-order valence-corrected chi connectivity index (χ4v) is 0.573. The van der Waals surface area contributed by atoms with Crippen molar-refractivity contribution in [3.05, 3.63) is 0 Å². The fourth-order valence-electron chi connectivity index (χ4n) is 0.444. The molecule has 5 heteroatoms. The van der Waals surface area contributed by atoms with Crippen LogP contribution >= 0.6 is 12.6 Å². The molecule has 0 heterocycles. The summed E-state index contributed by atoms with van der Waals surface area (Å²) >= 11 is 3.92. The molecule has 0 atom stereocenters. The van der Waals surface area contributed by atoms with E-state index < -0.39 is 5.97 Å². The van der Waals surface area contributed by atoms with Gasteiger partial charge in [-0.1, -0.05) is 0 Å². The first kappa shape index (κ1) is 10.7. The molecular formula is C6H12O4S. The van der Waals surface area contributed by atoms with Gasteiger partial charge in [-0.25, -0.2) is 4.79 Å². The molecule has 0 bridgehead atoms. The Kier molecular flexibility index (Phi) is 7.66. The summed E-state index contributed by atoms with van der Waals surface area (Å²) in [5.41, 5.74) is 0. The van der Waals surface area contributed by atoms with Crippen LogP contribution in [0.5, 0.6) is 0 Å². The average Bonchev–Trinajstić information content (AvgIpc) is 1.96. The molecule has 0 aliphatic carbocycles.